The lowest BCUT2D eigenvalue weighted by Crippen LogP contribution is -2.32. The summed E-state index contributed by atoms with van der Waals surface area (Å²) in [7, 11) is 3.53. The van der Waals surface area contributed by atoms with Gasteiger partial charge in [-0.2, -0.15) is 0 Å². The Labute approximate surface area is 116 Å². The summed E-state index contributed by atoms with van der Waals surface area (Å²) in [6.07, 6.45) is 3.17. The molecule has 0 aliphatic carbocycles. The van der Waals surface area contributed by atoms with Gasteiger partial charge >= 0.3 is 0 Å². The molecule has 0 bridgehead atoms. The monoisotopic (exact) mass is 263 g/mol. The number of fused-ring (bicyclic) bond motifs is 1. The van der Waals surface area contributed by atoms with Crippen LogP contribution in [0.4, 0.5) is 0 Å². The van der Waals surface area contributed by atoms with Gasteiger partial charge in [-0.05, 0) is 51.3 Å². The van der Waals surface area contributed by atoms with Crippen molar-refractivity contribution in [2.24, 2.45) is 0 Å². The van der Waals surface area contributed by atoms with Crippen molar-refractivity contribution in [2.75, 3.05) is 20.8 Å². The van der Waals surface area contributed by atoms with Crippen molar-refractivity contribution in [1.82, 2.24) is 5.32 Å². The normalized spacial score (nSPS) is 19.1. The van der Waals surface area contributed by atoms with E-state index in [1.54, 1.807) is 14.2 Å². The van der Waals surface area contributed by atoms with Crippen molar-refractivity contribution in [2.45, 2.75) is 44.8 Å². The third-order valence-corrected chi connectivity index (χ3v) is 4.12. The van der Waals surface area contributed by atoms with Crippen LogP contribution in [-0.2, 0) is 11.2 Å². The van der Waals surface area contributed by atoms with Gasteiger partial charge in [0.1, 0.15) is 5.75 Å². The van der Waals surface area contributed by atoms with Crippen LogP contribution in [0.1, 0.15) is 43.9 Å². The fraction of sp³-hybridized carbons (Fsp3) is 0.625. The second-order valence-corrected chi connectivity index (χ2v) is 5.79. The summed E-state index contributed by atoms with van der Waals surface area (Å²) in [4.78, 5) is 0. The number of rotatable bonds is 5. The zero-order valence-electron chi connectivity index (χ0n) is 12.5. The van der Waals surface area contributed by atoms with E-state index < -0.39 is 0 Å². The highest BCUT2D eigenvalue weighted by Crippen LogP contribution is 2.33. The molecule has 0 radical (unpaired) electrons. The molecule has 1 aliphatic heterocycles. The van der Waals surface area contributed by atoms with Gasteiger partial charge in [0.2, 0.25) is 0 Å². The third kappa shape index (κ3) is 3.28. The molecule has 1 aromatic rings. The maximum absolute atomic E-state index is 5.51. The van der Waals surface area contributed by atoms with E-state index in [4.69, 9.17) is 9.47 Å². The Kier molecular flexibility index (Phi) is 4.48. The van der Waals surface area contributed by atoms with Crippen molar-refractivity contribution >= 4 is 0 Å². The summed E-state index contributed by atoms with van der Waals surface area (Å²) in [5.41, 5.74) is 2.69. The van der Waals surface area contributed by atoms with Crippen LogP contribution in [0.5, 0.6) is 5.75 Å². The summed E-state index contributed by atoms with van der Waals surface area (Å²) in [6, 6.07) is 6.77. The first-order valence-corrected chi connectivity index (χ1v) is 7.02. The largest absolute Gasteiger partial charge is 0.496 e. The van der Waals surface area contributed by atoms with Gasteiger partial charge < -0.3 is 14.8 Å². The molecule has 3 heteroatoms. The highest BCUT2D eigenvalue weighted by Gasteiger charge is 2.25. The second-order valence-electron chi connectivity index (χ2n) is 5.79. The molecule has 0 amide bonds. The van der Waals surface area contributed by atoms with Crippen molar-refractivity contribution < 1.29 is 9.47 Å². The van der Waals surface area contributed by atoms with Gasteiger partial charge in [0.05, 0.1) is 12.7 Å². The molecule has 1 unspecified atom stereocenters. The number of benzene rings is 1. The Hall–Kier alpha value is -1.06. The van der Waals surface area contributed by atoms with E-state index in [9.17, 15) is 0 Å². The van der Waals surface area contributed by atoms with Crippen LogP contribution in [0.3, 0.4) is 0 Å². The fourth-order valence-corrected chi connectivity index (χ4v) is 2.70. The van der Waals surface area contributed by atoms with E-state index in [0.29, 0.717) is 6.04 Å². The topological polar surface area (TPSA) is 30.5 Å². The van der Waals surface area contributed by atoms with E-state index in [0.717, 1.165) is 31.6 Å². The molecule has 0 saturated carbocycles. The van der Waals surface area contributed by atoms with Gasteiger partial charge in [0.15, 0.2) is 0 Å². The Morgan fingerprint density at radius 2 is 2.11 bits per heavy atom. The van der Waals surface area contributed by atoms with Crippen molar-refractivity contribution in [3.05, 3.63) is 29.3 Å². The van der Waals surface area contributed by atoms with Gasteiger partial charge in [-0.15, -0.1) is 0 Å². The van der Waals surface area contributed by atoms with E-state index in [-0.39, 0.29) is 5.60 Å². The fourth-order valence-electron chi connectivity index (χ4n) is 2.70. The quantitative estimate of drug-likeness (QED) is 0.885. The summed E-state index contributed by atoms with van der Waals surface area (Å²) < 4.78 is 11.0. The Morgan fingerprint density at radius 1 is 1.32 bits per heavy atom. The molecule has 1 heterocycles. The lowest BCUT2D eigenvalue weighted by Gasteiger charge is -2.31. The van der Waals surface area contributed by atoms with Gasteiger partial charge in [-0.1, -0.05) is 12.1 Å². The average molecular weight is 263 g/mol. The zero-order valence-corrected chi connectivity index (χ0v) is 12.5. The highest BCUT2D eigenvalue weighted by molar-refractivity contribution is 5.43. The molecule has 0 saturated heterocycles. The van der Waals surface area contributed by atoms with Crippen LogP contribution < -0.4 is 10.1 Å². The average Bonchev–Trinajstić information content (AvgIpc) is 2.44. The Balaban J connectivity index is 2.14. The van der Waals surface area contributed by atoms with E-state index in [1.165, 1.54) is 11.1 Å². The molecule has 1 N–H and O–H groups in total. The minimum atomic E-state index is -0.0574. The predicted octanol–water partition coefficient (Wildman–Crippen LogP) is 3.09. The van der Waals surface area contributed by atoms with Gasteiger partial charge in [0.25, 0.3) is 0 Å². The number of hydrogen-bond acceptors (Lipinski definition) is 3. The molecular weight excluding hydrogens is 238 g/mol. The summed E-state index contributed by atoms with van der Waals surface area (Å²) >= 11 is 0. The Morgan fingerprint density at radius 3 is 2.79 bits per heavy atom. The van der Waals surface area contributed by atoms with Gasteiger partial charge in [0, 0.05) is 18.7 Å². The first kappa shape index (κ1) is 14.4. The maximum Gasteiger partial charge on any atom is 0.122 e. The van der Waals surface area contributed by atoms with Crippen molar-refractivity contribution in [3.63, 3.8) is 0 Å². The highest BCUT2D eigenvalue weighted by atomic mass is 16.5. The molecule has 1 atom stereocenters. The smallest absolute Gasteiger partial charge is 0.122 e. The van der Waals surface area contributed by atoms with Crippen molar-refractivity contribution in [3.8, 4) is 5.75 Å². The van der Waals surface area contributed by atoms with E-state index in [2.05, 4.69) is 37.4 Å². The lowest BCUT2D eigenvalue weighted by molar-refractivity contribution is 0.0115. The summed E-state index contributed by atoms with van der Waals surface area (Å²) in [5, 5.41) is 3.61. The SMILES string of the molecule is COc1cccc2c1CCNC2CCC(C)(C)OC. The lowest BCUT2D eigenvalue weighted by atomic mass is 9.88. The predicted molar refractivity (Wildman–Crippen MR) is 77.8 cm³/mol. The number of ether oxygens (including phenoxy) is 2. The standard InChI is InChI=1S/C16H25NO2/c1-16(2,19-4)10-8-14-12-6-5-7-15(18-3)13(12)9-11-17-14/h5-7,14,17H,8-11H2,1-4H3. The molecule has 1 aliphatic rings. The first-order chi connectivity index (χ1) is 9.07. The molecule has 1 aromatic carbocycles. The summed E-state index contributed by atoms with van der Waals surface area (Å²) in [6.45, 7) is 5.30. The molecule has 2 rings (SSSR count). The van der Waals surface area contributed by atoms with Crippen molar-refractivity contribution in [1.29, 1.82) is 0 Å². The van der Waals surface area contributed by atoms with Crippen LogP contribution in [-0.4, -0.2) is 26.4 Å². The first-order valence-electron chi connectivity index (χ1n) is 7.02. The number of methoxy groups -OCH3 is 2. The molecular formula is C16H25NO2. The number of hydrogen-bond donors (Lipinski definition) is 1. The van der Waals surface area contributed by atoms with Crippen LogP contribution in [0.2, 0.25) is 0 Å². The van der Waals surface area contributed by atoms with Crippen LogP contribution >= 0.6 is 0 Å². The maximum atomic E-state index is 5.51. The molecule has 0 aromatic heterocycles. The molecule has 3 nitrogen and oxygen atoms in total. The molecule has 106 valence electrons. The third-order valence-electron chi connectivity index (χ3n) is 4.12. The second kappa shape index (κ2) is 5.93. The minimum Gasteiger partial charge on any atom is -0.496 e. The summed E-state index contributed by atoms with van der Waals surface area (Å²) in [5.74, 6) is 1.02. The van der Waals surface area contributed by atoms with E-state index in [1.807, 2.05) is 0 Å². The zero-order chi connectivity index (χ0) is 13.9. The molecule has 0 spiro atoms. The molecule has 19 heavy (non-hydrogen) atoms. The molecule has 0 fully saturated rings. The van der Waals surface area contributed by atoms with E-state index >= 15 is 0 Å². The van der Waals surface area contributed by atoms with Crippen LogP contribution in [0.15, 0.2) is 18.2 Å². The van der Waals surface area contributed by atoms with Gasteiger partial charge in [-0.25, -0.2) is 0 Å². The Bertz CT molecular complexity index is 429. The van der Waals surface area contributed by atoms with Gasteiger partial charge in [-0.3, -0.25) is 0 Å². The van der Waals surface area contributed by atoms with Crippen LogP contribution in [0.25, 0.3) is 0 Å². The minimum absolute atomic E-state index is 0.0574. The number of nitrogens with one attached hydrogen (secondary N) is 1. The van der Waals surface area contributed by atoms with Crippen LogP contribution in [0, 0.1) is 0 Å².